The van der Waals surface area contributed by atoms with Gasteiger partial charge in [0, 0.05) is 12.1 Å². The second kappa shape index (κ2) is 8.83. The number of oxazole rings is 1. The highest BCUT2D eigenvalue weighted by atomic mass is 32.2. The van der Waals surface area contributed by atoms with Gasteiger partial charge in [-0.1, -0.05) is 63.2 Å². The van der Waals surface area contributed by atoms with E-state index in [0.717, 1.165) is 23.3 Å². The highest BCUT2D eigenvalue weighted by Crippen LogP contribution is 2.33. The molecule has 5 nitrogen and oxygen atoms in total. The van der Waals surface area contributed by atoms with Crippen LogP contribution in [0.3, 0.4) is 0 Å². The van der Waals surface area contributed by atoms with Crippen molar-refractivity contribution in [2.75, 3.05) is 5.32 Å². The molecule has 0 saturated carbocycles. The number of anilines is 1. The zero-order chi connectivity index (χ0) is 23.6. The fourth-order valence-corrected chi connectivity index (χ4v) is 4.62. The van der Waals surface area contributed by atoms with Crippen LogP contribution in [0.15, 0.2) is 93.2 Å². The summed E-state index contributed by atoms with van der Waals surface area (Å²) >= 11 is 0. The van der Waals surface area contributed by atoms with Gasteiger partial charge in [0.2, 0.25) is 26.6 Å². The van der Waals surface area contributed by atoms with Gasteiger partial charge in [0.25, 0.3) is 0 Å². The topological polar surface area (TPSA) is 72.2 Å². The molecule has 0 radical (unpaired) electrons. The zero-order valence-corrected chi connectivity index (χ0v) is 19.5. The molecule has 3 aromatic carbocycles. The van der Waals surface area contributed by atoms with Gasteiger partial charge in [0.1, 0.15) is 5.82 Å². The Balaban J connectivity index is 1.75. The number of sulfone groups is 1. The second-order valence-corrected chi connectivity index (χ2v) is 10.6. The zero-order valence-electron chi connectivity index (χ0n) is 18.7. The van der Waals surface area contributed by atoms with E-state index >= 15 is 0 Å². The second-order valence-electron chi connectivity index (χ2n) is 8.78. The number of hydrogen-bond donors (Lipinski definition) is 1. The molecule has 170 valence electrons. The number of benzene rings is 3. The van der Waals surface area contributed by atoms with Gasteiger partial charge in [-0.3, -0.25) is 0 Å². The SMILES string of the molecule is CC(C)(C)c1ccc(-c2nc(S(=O)(=O)c3ccc(F)cc3)c(NCc3ccccc3)o2)cc1. The molecular formula is C26H25FN2O3S. The molecule has 0 aliphatic heterocycles. The van der Waals surface area contributed by atoms with Crippen LogP contribution in [0.25, 0.3) is 11.5 Å². The van der Waals surface area contributed by atoms with Crippen LogP contribution in [0, 0.1) is 5.82 Å². The predicted molar refractivity (Wildman–Crippen MR) is 126 cm³/mol. The summed E-state index contributed by atoms with van der Waals surface area (Å²) in [5, 5.41) is 2.82. The van der Waals surface area contributed by atoms with Crippen molar-refractivity contribution in [3.63, 3.8) is 0 Å². The van der Waals surface area contributed by atoms with Crippen molar-refractivity contribution in [1.29, 1.82) is 0 Å². The Kier molecular flexibility index (Phi) is 6.08. The molecule has 0 spiro atoms. The lowest BCUT2D eigenvalue weighted by atomic mass is 9.87. The summed E-state index contributed by atoms with van der Waals surface area (Å²) < 4.78 is 45.9. The maximum Gasteiger partial charge on any atom is 0.234 e. The minimum Gasteiger partial charge on any atom is -0.419 e. The molecular weight excluding hydrogens is 439 g/mol. The van der Waals surface area contributed by atoms with Crippen LogP contribution in [0.1, 0.15) is 31.9 Å². The average molecular weight is 465 g/mol. The monoisotopic (exact) mass is 464 g/mol. The van der Waals surface area contributed by atoms with E-state index in [0.29, 0.717) is 12.1 Å². The summed E-state index contributed by atoms with van der Waals surface area (Å²) in [6.07, 6.45) is 0. The molecule has 0 atom stereocenters. The van der Waals surface area contributed by atoms with Crippen molar-refractivity contribution in [3.8, 4) is 11.5 Å². The van der Waals surface area contributed by atoms with Crippen LogP contribution in [0.2, 0.25) is 0 Å². The molecule has 1 aromatic heterocycles. The first kappa shape index (κ1) is 22.7. The van der Waals surface area contributed by atoms with Gasteiger partial charge >= 0.3 is 0 Å². The van der Waals surface area contributed by atoms with Gasteiger partial charge in [0.15, 0.2) is 0 Å². The molecule has 0 bridgehead atoms. The highest BCUT2D eigenvalue weighted by Gasteiger charge is 2.28. The summed E-state index contributed by atoms with van der Waals surface area (Å²) in [5.41, 5.74) is 2.73. The first-order valence-corrected chi connectivity index (χ1v) is 12.0. The minimum absolute atomic E-state index is 0.0192. The van der Waals surface area contributed by atoms with Crippen molar-refractivity contribution < 1.29 is 17.2 Å². The number of nitrogens with zero attached hydrogens (tertiary/aromatic N) is 1. The van der Waals surface area contributed by atoms with E-state index < -0.39 is 15.7 Å². The van der Waals surface area contributed by atoms with Crippen molar-refractivity contribution in [3.05, 3.63) is 95.8 Å². The van der Waals surface area contributed by atoms with Crippen LogP contribution in [-0.2, 0) is 21.8 Å². The molecule has 4 rings (SSSR count). The van der Waals surface area contributed by atoms with Crippen molar-refractivity contribution >= 4 is 15.7 Å². The first-order chi connectivity index (χ1) is 15.6. The van der Waals surface area contributed by atoms with Crippen molar-refractivity contribution in [1.82, 2.24) is 4.98 Å². The maximum absolute atomic E-state index is 13.4. The lowest BCUT2D eigenvalue weighted by Gasteiger charge is -2.18. The summed E-state index contributed by atoms with van der Waals surface area (Å²) in [4.78, 5) is 4.28. The average Bonchev–Trinajstić information content (AvgIpc) is 3.23. The third-order valence-electron chi connectivity index (χ3n) is 5.27. The van der Waals surface area contributed by atoms with Crippen LogP contribution in [-0.4, -0.2) is 13.4 Å². The normalized spacial score (nSPS) is 12.0. The summed E-state index contributed by atoms with van der Waals surface area (Å²) in [6, 6.07) is 21.9. The van der Waals surface area contributed by atoms with Gasteiger partial charge in [0.05, 0.1) is 4.90 Å². The number of hydrogen-bond acceptors (Lipinski definition) is 5. The smallest absolute Gasteiger partial charge is 0.234 e. The Morgan fingerprint density at radius 1 is 0.909 bits per heavy atom. The molecule has 7 heteroatoms. The quantitative estimate of drug-likeness (QED) is 0.343. The molecule has 0 aliphatic carbocycles. The third kappa shape index (κ3) is 4.98. The van der Waals surface area contributed by atoms with Gasteiger partial charge in [-0.25, -0.2) is 12.8 Å². The summed E-state index contributed by atoms with van der Waals surface area (Å²) in [5.74, 6) is -0.291. The number of nitrogens with one attached hydrogen (secondary N) is 1. The van der Waals surface area contributed by atoms with Crippen LogP contribution in [0.4, 0.5) is 10.3 Å². The maximum atomic E-state index is 13.4. The van der Waals surface area contributed by atoms with E-state index in [2.05, 4.69) is 31.1 Å². The fraction of sp³-hybridized carbons (Fsp3) is 0.192. The number of rotatable bonds is 6. The highest BCUT2D eigenvalue weighted by molar-refractivity contribution is 7.91. The van der Waals surface area contributed by atoms with Gasteiger partial charge in [-0.05, 0) is 52.9 Å². The molecule has 0 aliphatic rings. The van der Waals surface area contributed by atoms with E-state index in [9.17, 15) is 12.8 Å². The lowest BCUT2D eigenvalue weighted by Crippen LogP contribution is -2.10. The lowest BCUT2D eigenvalue weighted by molar-refractivity contribution is 0.575. The number of aromatic nitrogens is 1. The Bertz CT molecular complexity index is 1340. The fourth-order valence-electron chi connectivity index (χ4n) is 3.34. The molecule has 33 heavy (non-hydrogen) atoms. The Morgan fingerprint density at radius 3 is 2.15 bits per heavy atom. The molecule has 0 fully saturated rings. The van der Waals surface area contributed by atoms with E-state index in [1.807, 2.05) is 54.6 Å². The Hall–Kier alpha value is -3.45. The van der Waals surface area contributed by atoms with Crippen molar-refractivity contribution in [2.45, 2.75) is 42.7 Å². The van der Waals surface area contributed by atoms with Crippen molar-refractivity contribution in [2.24, 2.45) is 0 Å². The standard InChI is InChI=1S/C26H25FN2O3S/c1-26(2,3)20-11-9-19(10-12-20)23-29-25(33(30,31)22-15-13-21(27)14-16-22)24(32-23)28-17-18-7-5-4-6-8-18/h4-16,28H,17H2,1-3H3. The minimum atomic E-state index is -4.04. The molecule has 4 aromatic rings. The molecule has 0 unspecified atom stereocenters. The summed E-state index contributed by atoms with van der Waals surface area (Å²) in [6.45, 7) is 6.70. The largest absolute Gasteiger partial charge is 0.419 e. The van der Waals surface area contributed by atoms with Gasteiger partial charge in [-0.15, -0.1) is 0 Å². The Morgan fingerprint density at radius 2 is 1.55 bits per heavy atom. The predicted octanol–water partition coefficient (Wildman–Crippen LogP) is 6.22. The van der Waals surface area contributed by atoms with Crippen LogP contribution >= 0.6 is 0 Å². The van der Waals surface area contributed by atoms with E-state index in [1.165, 1.54) is 12.1 Å². The third-order valence-corrected chi connectivity index (χ3v) is 6.95. The molecule has 1 N–H and O–H groups in total. The van der Waals surface area contributed by atoms with E-state index in [4.69, 9.17) is 4.42 Å². The first-order valence-electron chi connectivity index (χ1n) is 10.5. The van der Waals surface area contributed by atoms with Crippen LogP contribution in [0.5, 0.6) is 0 Å². The van der Waals surface area contributed by atoms with Crippen LogP contribution < -0.4 is 5.32 Å². The number of halogens is 1. The van der Waals surface area contributed by atoms with Gasteiger partial charge < -0.3 is 9.73 Å². The van der Waals surface area contributed by atoms with E-state index in [-0.39, 0.29) is 27.1 Å². The molecule has 1 heterocycles. The molecule has 0 saturated heterocycles. The van der Waals surface area contributed by atoms with Gasteiger partial charge in [-0.2, -0.15) is 4.98 Å². The Labute approximate surface area is 193 Å². The molecule has 0 amide bonds. The summed E-state index contributed by atoms with van der Waals surface area (Å²) in [7, 11) is -4.04. The van der Waals surface area contributed by atoms with E-state index in [1.54, 1.807) is 0 Å².